The first-order valence-corrected chi connectivity index (χ1v) is 10.3. The normalized spacial score (nSPS) is 20.9. The number of rotatable bonds is 6. The molecular weight excluding hydrogens is 443 g/mol. The van der Waals surface area contributed by atoms with Crippen LogP contribution < -0.4 is 11.1 Å². The van der Waals surface area contributed by atoms with Gasteiger partial charge >= 0.3 is 0 Å². The van der Waals surface area contributed by atoms with Crippen molar-refractivity contribution in [2.45, 2.75) is 37.6 Å². The molecule has 0 aromatic heterocycles. The summed E-state index contributed by atoms with van der Waals surface area (Å²) in [6.07, 6.45) is 6.20. The van der Waals surface area contributed by atoms with Crippen LogP contribution in [-0.2, 0) is 6.42 Å². The van der Waals surface area contributed by atoms with Crippen molar-refractivity contribution in [3.8, 4) is 0 Å². The molecule has 25 heavy (non-hydrogen) atoms. The molecule has 1 saturated carbocycles. The molecule has 0 atom stereocenters. The Morgan fingerprint density at radius 3 is 2.52 bits per heavy atom. The van der Waals surface area contributed by atoms with Gasteiger partial charge < -0.3 is 11.1 Å². The second-order valence-corrected chi connectivity index (χ2v) is 8.12. The van der Waals surface area contributed by atoms with E-state index in [0.717, 1.165) is 19.5 Å². The topological polar surface area (TPSA) is 53.6 Å². The number of thioether (sulfide) groups is 1. The predicted octanol–water partition coefficient (Wildman–Crippen LogP) is 3.11. The van der Waals surface area contributed by atoms with E-state index in [1.807, 2.05) is 6.07 Å². The Kier molecular flexibility index (Phi) is 8.85. The minimum atomic E-state index is 0. The minimum Gasteiger partial charge on any atom is -0.370 e. The van der Waals surface area contributed by atoms with Crippen molar-refractivity contribution >= 4 is 41.7 Å². The summed E-state index contributed by atoms with van der Waals surface area (Å²) in [6.45, 7) is 4.11. The maximum absolute atomic E-state index is 6.12. The Balaban J connectivity index is 0.00000225. The van der Waals surface area contributed by atoms with Crippen molar-refractivity contribution in [1.82, 2.24) is 10.2 Å². The third-order valence-electron chi connectivity index (χ3n) is 5.32. The first-order valence-electron chi connectivity index (χ1n) is 9.19. The van der Waals surface area contributed by atoms with Crippen molar-refractivity contribution < 1.29 is 0 Å². The number of hydrogen-bond acceptors (Lipinski definition) is 3. The molecule has 140 valence electrons. The van der Waals surface area contributed by atoms with E-state index in [2.05, 4.69) is 46.2 Å². The van der Waals surface area contributed by atoms with Crippen molar-refractivity contribution in [1.29, 1.82) is 0 Å². The van der Waals surface area contributed by atoms with Gasteiger partial charge in [-0.2, -0.15) is 11.8 Å². The van der Waals surface area contributed by atoms with Crippen molar-refractivity contribution in [3.05, 3.63) is 35.9 Å². The van der Waals surface area contributed by atoms with E-state index in [1.165, 1.54) is 55.8 Å². The van der Waals surface area contributed by atoms with Crippen LogP contribution in [0.3, 0.4) is 0 Å². The molecule has 1 heterocycles. The first-order chi connectivity index (χ1) is 11.8. The molecule has 0 amide bonds. The zero-order valence-corrected chi connectivity index (χ0v) is 18.1. The molecule has 0 spiro atoms. The van der Waals surface area contributed by atoms with Gasteiger partial charge in [-0.1, -0.05) is 43.2 Å². The maximum atomic E-state index is 6.12. The van der Waals surface area contributed by atoms with Gasteiger partial charge in [0.1, 0.15) is 0 Å². The van der Waals surface area contributed by atoms with Crippen LogP contribution in [-0.4, -0.2) is 54.1 Å². The fraction of sp³-hybridized carbons (Fsp3) is 0.632. The Morgan fingerprint density at radius 2 is 1.84 bits per heavy atom. The summed E-state index contributed by atoms with van der Waals surface area (Å²) < 4.78 is 0. The lowest BCUT2D eigenvalue weighted by Crippen LogP contribution is -2.53. The lowest BCUT2D eigenvalue weighted by atomic mass is 9.95. The molecule has 1 saturated heterocycles. The largest absolute Gasteiger partial charge is 0.370 e. The Hall–Kier alpha value is -0.470. The van der Waals surface area contributed by atoms with Crippen LogP contribution in [0.2, 0.25) is 0 Å². The van der Waals surface area contributed by atoms with E-state index in [9.17, 15) is 0 Å². The summed E-state index contributed by atoms with van der Waals surface area (Å²) in [5.74, 6) is 3.12. The average Bonchev–Trinajstić information content (AvgIpc) is 3.12. The zero-order chi connectivity index (χ0) is 16.7. The summed E-state index contributed by atoms with van der Waals surface area (Å²) in [4.78, 5) is 7.41. The number of hydrogen-bond donors (Lipinski definition) is 2. The van der Waals surface area contributed by atoms with Gasteiger partial charge in [0.15, 0.2) is 5.96 Å². The monoisotopic (exact) mass is 474 g/mol. The number of halogens is 1. The van der Waals surface area contributed by atoms with Gasteiger partial charge in [-0.05, 0) is 24.8 Å². The number of nitrogens with one attached hydrogen (secondary N) is 1. The molecule has 1 aromatic rings. The lowest BCUT2D eigenvalue weighted by Gasteiger charge is -2.42. The second kappa shape index (κ2) is 10.6. The Bertz CT molecular complexity index is 525. The van der Waals surface area contributed by atoms with E-state index in [-0.39, 0.29) is 29.5 Å². The summed E-state index contributed by atoms with van der Waals surface area (Å²) in [7, 11) is 0. The van der Waals surface area contributed by atoms with E-state index in [0.29, 0.717) is 5.96 Å². The number of aliphatic imine (C=N–C) groups is 1. The number of guanidine groups is 1. The number of nitrogens with zero attached hydrogens (tertiary/aromatic N) is 2. The van der Waals surface area contributed by atoms with Crippen LogP contribution in [0.25, 0.3) is 0 Å². The highest BCUT2D eigenvalue weighted by atomic mass is 127. The fourth-order valence-corrected chi connectivity index (χ4v) is 4.82. The maximum Gasteiger partial charge on any atom is 0.188 e. The minimum absolute atomic E-state index is 0. The summed E-state index contributed by atoms with van der Waals surface area (Å²) in [5, 5.41) is 3.28. The molecule has 0 radical (unpaired) electrons. The molecule has 3 N–H and O–H groups in total. The van der Waals surface area contributed by atoms with Crippen LogP contribution in [0, 0.1) is 0 Å². The molecule has 2 fully saturated rings. The Morgan fingerprint density at radius 1 is 1.16 bits per heavy atom. The zero-order valence-electron chi connectivity index (χ0n) is 15.0. The molecule has 0 unspecified atom stereocenters. The van der Waals surface area contributed by atoms with Gasteiger partial charge in [-0.15, -0.1) is 24.0 Å². The highest BCUT2D eigenvalue weighted by molar-refractivity contribution is 14.0. The molecule has 6 heteroatoms. The van der Waals surface area contributed by atoms with Gasteiger partial charge in [-0.25, -0.2) is 0 Å². The Labute approximate surface area is 173 Å². The molecular formula is C19H31IN4S. The summed E-state index contributed by atoms with van der Waals surface area (Å²) in [5.41, 5.74) is 7.72. The molecule has 0 bridgehead atoms. The van der Waals surface area contributed by atoms with E-state index < -0.39 is 0 Å². The van der Waals surface area contributed by atoms with E-state index in [4.69, 9.17) is 10.7 Å². The molecule has 4 nitrogen and oxygen atoms in total. The SMILES string of the molecule is I.NC(=NCC1(N2CCSCC2)CCCC1)NCCc1ccccc1. The molecule has 2 aliphatic rings. The molecule has 3 rings (SSSR count). The van der Waals surface area contributed by atoms with Gasteiger partial charge in [0, 0.05) is 36.7 Å². The average molecular weight is 474 g/mol. The standard InChI is InChI=1S/C19H30N4S.HI/c20-18(21-11-8-17-6-2-1-3-7-17)22-16-19(9-4-5-10-19)23-12-14-24-15-13-23;/h1-3,6-7H,4-5,8-16H2,(H3,20,21,22);1H. The molecule has 1 aliphatic heterocycles. The lowest BCUT2D eigenvalue weighted by molar-refractivity contribution is 0.112. The number of nitrogens with two attached hydrogens (primary N) is 1. The highest BCUT2D eigenvalue weighted by Crippen LogP contribution is 2.36. The van der Waals surface area contributed by atoms with Crippen LogP contribution >= 0.6 is 35.7 Å². The van der Waals surface area contributed by atoms with Gasteiger partial charge in [0.2, 0.25) is 0 Å². The highest BCUT2D eigenvalue weighted by Gasteiger charge is 2.39. The van der Waals surface area contributed by atoms with Gasteiger partial charge in [0.05, 0.1) is 6.54 Å². The first kappa shape index (κ1) is 20.8. The third-order valence-corrected chi connectivity index (χ3v) is 6.27. The summed E-state index contributed by atoms with van der Waals surface area (Å²) in [6, 6.07) is 10.5. The smallest absolute Gasteiger partial charge is 0.188 e. The van der Waals surface area contributed by atoms with Crippen LogP contribution in [0.4, 0.5) is 0 Å². The van der Waals surface area contributed by atoms with E-state index in [1.54, 1.807) is 0 Å². The summed E-state index contributed by atoms with van der Waals surface area (Å²) >= 11 is 2.08. The number of benzene rings is 1. The molecule has 1 aromatic carbocycles. The van der Waals surface area contributed by atoms with E-state index >= 15 is 0 Å². The quantitative estimate of drug-likeness (QED) is 0.378. The van der Waals surface area contributed by atoms with Crippen molar-refractivity contribution in [3.63, 3.8) is 0 Å². The van der Waals surface area contributed by atoms with Crippen molar-refractivity contribution in [2.24, 2.45) is 10.7 Å². The van der Waals surface area contributed by atoms with Crippen LogP contribution in [0.15, 0.2) is 35.3 Å². The second-order valence-electron chi connectivity index (χ2n) is 6.89. The molecule has 1 aliphatic carbocycles. The van der Waals surface area contributed by atoms with Crippen molar-refractivity contribution in [2.75, 3.05) is 37.7 Å². The van der Waals surface area contributed by atoms with Gasteiger partial charge in [-0.3, -0.25) is 9.89 Å². The van der Waals surface area contributed by atoms with Gasteiger partial charge in [0.25, 0.3) is 0 Å². The third kappa shape index (κ3) is 6.03. The van der Waals surface area contributed by atoms with Crippen LogP contribution in [0.1, 0.15) is 31.2 Å². The fourth-order valence-electron chi connectivity index (χ4n) is 3.91. The van der Waals surface area contributed by atoms with Crippen LogP contribution in [0.5, 0.6) is 0 Å². The predicted molar refractivity (Wildman–Crippen MR) is 120 cm³/mol.